The van der Waals surface area contributed by atoms with Gasteiger partial charge in [0, 0.05) is 17.2 Å². The highest BCUT2D eigenvalue weighted by Crippen LogP contribution is 2.36. The maximum absolute atomic E-state index is 14.2. The molecule has 5 heteroatoms. The van der Waals surface area contributed by atoms with Crippen molar-refractivity contribution in [1.29, 1.82) is 0 Å². The molecular formula is C23H17FN2O2. The number of benzene rings is 3. The largest absolute Gasteiger partial charge is 0.507 e. The Labute approximate surface area is 161 Å². The number of nitrogens with zero attached hydrogens (tertiary/aromatic N) is 2. The van der Waals surface area contributed by atoms with Crippen molar-refractivity contribution >= 4 is 12.2 Å². The van der Waals surface area contributed by atoms with Crippen molar-refractivity contribution in [1.82, 2.24) is 9.78 Å². The van der Waals surface area contributed by atoms with Crippen molar-refractivity contribution in [3.05, 3.63) is 95.9 Å². The average molecular weight is 372 g/mol. The first-order chi connectivity index (χ1) is 13.6. The summed E-state index contributed by atoms with van der Waals surface area (Å²) in [6.07, 6.45) is 5.16. The number of halogens is 1. The molecule has 138 valence electrons. The molecule has 3 aromatic carbocycles. The maximum Gasteiger partial charge on any atom is 0.148 e. The highest BCUT2D eigenvalue weighted by Gasteiger charge is 2.16. The summed E-state index contributed by atoms with van der Waals surface area (Å²) in [7, 11) is 0. The molecule has 1 heterocycles. The van der Waals surface area contributed by atoms with Gasteiger partial charge >= 0.3 is 0 Å². The van der Waals surface area contributed by atoms with E-state index in [1.807, 2.05) is 36.4 Å². The summed E-state index contributed by atoms with van der Waals surface area (Å²) in [4.78, 5) is 0. The van der Waals surface area contributed by atoms with Crippen LogP contribution in [0.2, 0.25) is 0 Å². The van der Waals surface area contributed by atoms with E-state index in [1.165, 1.54) is 23.0 Å². The Kier molecular flexibility index (Phi) is 4.64. The van der Waals surface area contributed by atoms with Crippen LogP contribution in [0.15, 0.2) is 79.0 Å². The molecule has 0 aliphatic rings. The summed E-state index contributed by atoms with van der Waals surface area (Å²) in [6, 6.07) is 20.6. The third-order valence-corrected chi connectivity index (χ3v) is 4.40. The smallest absolute Gasteiger partial charge is 0.148 e. The summed E-state index contributed by atoms with van der Waals surface area (Å²) in [5.41, 5.74) is 2.73. The van der Waals surface area contributed by atoms with Gasteiger partial charge in [0.05, 0.1) is 11.9 Å². The quantitative estimate of drug-likeness (QED) is 0.481. The van der Waals surface area contributed by atoms with Gasteiger partial charge < -0.3 is 10.2 Å². The fourth-order valence-corrected chi connectivity index (χ4v) is 3.01. The van der Waals surface area contributed by atoms with Gasteiger partial charge in [-0.3, -0.25) is 0 Å². The third-order valence-electron chi connectivity index (χ3n) is 4.40. The van der Waals surface area contributed by atoms with E-state index in [2.05, 4.69) is 5.10 Å². The predicted octanol–water partition coefficient (Wildman–Crippen LogP) is 5.26. The lowest BCUT2D eigenvalue weighted by Gasteiger charge is -2.11. The van der Waals surface area contributed by atoms with Crippen LogP contribution in [0.4, 0.5) is 4.39 Å². The fourth-order valence-electron chi connectivity index (χ4n) is 3.01. The van der Waals surface area contributed by atoms with Crippen molar-refractivity contribution in [2.45, 2.75) is 0 Å². The minimum atomic E-state index is -0.421. The highest BCUT2D eigenvalue weighted by atomic mass is 19.1. The van der Waals surface area contributed by atoms with Crippen molar-refractivity contribution < 1.29 is 14.6 Å². The minimum absolute atomic E-state index is 0.0506. The highest BCUT2D eigenvalue weighted by molar-refractivity contribution is 5.79. The molecule has 0 spiro atoms. The van der Waals surface area contributed by atoms with Crippen LogP contribution in [0.5, 0.6) is 11.5 Å². The van der Waals surface area contributed by atoms with Crippen LogP contribution in [0.25, 0.3) is 29.1 Å². The van der Waals surface area contributed by atoms with Gasteiger partial charge in [-0.2, -0.15) is 5.10 Å². The standard InChI is InChI=1S/C23H17FN2O2/c24-19-8-4-5-9-21(19)26-20(12-13-25-26)18-14-17(22(27)15-23(18)28)11-10-16-6-2-1-3-7-16/h1-15,27-28H. The van der Waals surface area contributed by atoms with Gasteiger partial charge in [0.25, 0.3) is 0 Å². The van der Waals surface area contributed by atoms with Gasteiger partial charge in [-0.1, -0.05) is 54.6 Å². The van der Waals surface area contributed by atoms with E-state index in [1.54, 1.807) is 36.4 Å². The second-order valence-electron chi connectivity index (χ2n) is 6.25. The normalized spacial score (nSPS) is 11.2. The van der Waals surface area contributed by atoms with Gasteiger partial charge in [0.2, 0.25) is 0 Å². The zero-order valence-corrected chi connectivity index (χ0v) is 14.8. The van der Waals surface area contributed by atoms with E-state index >= 15 is 0 Å². The summed E-state index contributed by atoms with van der Waals surface area (Å²) < 4.78 is 15.6. The van der Waals surface area contributed by atoms with Crippen LogP contribution in [0.3, 0.4) is 0 Å². The first-order valence-corrected chi connectivity index (χ1v) is 8.72. The Hall–Kier alpha value is -3.86. The Morgan fingerprint density at radius 2 is 1.57 bits per heavy atom. The lowest BCUT2D eigenvalue weighted by molar-refractivity contribution is 0.451. The zero-order chi connectivity index (χ0) is 19.5. The van der Waals surface area contributed by atoms with Gasteiger partial charge in [-0.25, -0.2) is 9.07 Å². The Morgan fingerprint density at radius 3 is 2.36 bits per heavy atom. The number of phenols is 2. The van der Waals surface area contributed by atoms with E-state index in [4.69, 9.17) is 0 Å². The Bertz CT molecular complexity index is 1150. The molecule has 2 N–H and O–H groups in total. The number of aromatic nitrogens is 2. The number of hydrogen-bond acceptors (Lipinski definition) is 3. The molecule has 0 saturated carbocycles. The van der Waals surface area contributed by atoms with Crippen LogP contribution in [0.1, 0.15) is 11.1 Å². The summed E-state index contributed by atoms with van der Waals surface area (Å²) in [5, 5.41) is 24.8. The second kappa shape index (κ2) is 7.40. The summed E-state index contributed by atoms with van der Waals surface area (Å²) in [6.45, 7) is 0. The van der Waals surface area contributed by atoms with E-state index in [-0.39, 0.29) is 17.2 Å². The molecule has 0 aliphatic heterocycles. The van der Waals surface area contributed by atoms with Crippen molar-refractivity contribution in [2.75, 3.05) is 0 Å². The SMILES string of the molecule is Oc1cc(O)c(-c2ccnn2-c2ccccc2F)cc1C=Cc1ccccc1. The molecule has 4 aromatic rings. The van der Waals surface area contributed by atoms with E-state index in [9.17, 15) is 14.6 Å². The molecule has 0 radical (unpaired) electrons. The maximum atomic E-state index is 14.2. The number of rotatable bonds is 4. The fraction of sp³-hybridized carbons (Fsp3) is 0. The van der Waals surface area contributed by atoms with E-state index < -0.39 is 5.82 Å². The average Bonchev–Trinajstić information content (AvgIpc) is 3.18. The molecule has 0 amide bonds. The summed E-state index contributed by atoms with van der Waals surface area (Å²) >= 11 is 0. The third kappa shape index (κ3) is 3.38. The van der Waals surface area contributed by atoms with E-state index in [0.29, 0.717) is 16.8 Å². The molecular weight excluding hydrogens is 355 g/mol. The second-order valence-corrected chi connectivity index (χ2v) is 6.25. The molecule has 0 unspecified atom stereocenters. The molecule has 4 rings (SSSR count). The minimum Gasteiger partial charge on any atom is -0.507 e. The van der Waals surface area contributed by atoms with Gasteiger partial charge in [0.1, 0.15) is 23.0 Å². The number of hydrogen-bond donors (Lipinski definition) is 2. The van der Waals surface area contributed by atoms with E-state index in [0.717, 1.165) is 5.56 Å². The van der Waals surface area contributed by atoms with Gasteiger partial charge in [0.15, 0.2) is 0 Å². The molecule has 28 heavy (non-hydrogen) atoms. The van der Waals surface area contributed by atoms with Gasteiger partial charge in [-0.05, 0) is 29.8 Å². The van der Waals surface area contributed by atoms with Crippen molar-refractivity contribution in [3.63, 3.8) is 0 Å². The van der Waals surface area contributed by atoms with Crippen LogP contribution in [0, 0.1) is 5.82 Å². The predicted molar refractivity (Wildman–Crippen MR) is 108 cm³/mol. The Morgan fingerprint density at radius 1 is 0.821 bits per heavy atom. The zero-order valence-electron chi connectivity index (χ0n) is 14.8. The molecule has 4 nitrogen and oxygen atoms in total. The first-order valence-electron chi connectivity index (χ1n) is 8.72. The monoisotopic (exact) mass is 372 g/mol. The molecule has 0 saturated heterocycles. The van der Waals surface area contributed by atoms with Crippen LogP contribution >= 0.6 is 0 Å². The van der Waals surface area contributed by atoms with Gasteiger partial charge in [-0.15, -0.1) is 0 Å². The molecule has 0 fully saturated rings. The topological polar surface area (TPSA) is 58.3 Å². The Balaban J connectivity index is 1.79. The molecule has 1 aromatic heterocycles. The number of para-hydroxylation sites is 1. The van der Waals surface area contributed by atoms with Crippen molar-refractivity contribution in [3.8, 4) is 28.4 Å². The number of aromatic hydroxyl groups is 2. The molecule has 0 aliphatic carbocycles. The van der Waals surface area contributed by atoms with Crippen molar-refractivity contribution in [2.24, 2.45) is 0 Å². The first kappa shape index (κ1) is 17.5. The summed E-state index contributed by atoms with van der Waals surface area (Å²) in [5.74, 6) is -0.590. The van der Waals surface area contributed by atoms with Crippen LogP contribution < -0.4 is 0 Å². The lowest BCUT2D eigenvalue weighted by Crippen LogP contribution is -2.01. The van der Waals surface area contributed by atoms with Crippen LogP contribution in [-0.2, 0) is 0 Å². The number of phenolic OH excluding ortho intramolecular Hbond substituents is 2. The molecule has 0 atom stereocenters. The van der Waals surface area contributed by atoms with Crippen LogP contribution in [-0.4, -0.2) is 20.0 Å². The molecule has 0 bridgehead atoms. The lowest BCUT2D eigenvalue weighted by atomic mass is 10.0.